The fourth-order valence-corrected chi connectivity index (χ4v) is 2.38. The Morgan fingerprint density at radius 2 is 1.82 bits per heavy atom. The SMILES string of the molecule is CCOc1ccc([C@H](C)NC(=O)Cc2ccccc2C)cc1. The van der Waals surface area contributed by atoms with Crippen LogP contribution in [0, 0.1) is 6.92 Å². The van der Waals surface area contributed by atoms with Crippen LogP contribution in [0.3, 0.4) is 0 Å². The lowest BCUT2D eigenvalue weighted by molar-refractivity contribution is -0.121. The van der Waals surface area contributed by atoms with Gasteiger partial charge in [0.25, 0.3) is 0 Å². The maximum Gasteiger partial charge on any atom is 0.224 e. The monoisotopic (exact) mass is 297 g/mol. The average Bonchev–Trinajstić information content (AvgIpc) is 2.50. The second kappa shape index (κ2) is 7.64. The molecule has 3 heteroatoms. The standard InChI is InChI=1S/C19H23NO2/c1-4-22-18-11-9-16(10-12-18)15(3)20-19(21)13-17-8-6-5-7-14(17)2/h5-12,15H,4,13H2,1-3H3,(H,20,21)/t15-/m0/s1. The predicted molar refractivity (Wildman–Crippen MR) is 89.1 cm³/mol. The minimum atomic E-state index is -0.0211. The van der Waals surface area contributed by atoms with E-state index < -0.39 is 0 Å². The molecule has 0 aliphatic heterocycles. The molecule has 0 fully saturated rings. The molecule has 1 atom stereocenters. The van der Waals surface area contributed by atoms with Gasteiger partial charge in [-0.25, -0.2) is 0 Å². The van der Waals surface area contributed by atoms with Gasteiger partial charge in [-0.3, -0.25) is 4.79 Å². The second-order valence-electron chi connectivity index (χ2n) is 5.39. The maximum atomic E-state index is 12.2. The molecule has 22 heavy (non-hydrogen) atoms. The third-order valence-electron chi connectivity index (χ3n) is 3.68. The van der Waals surface area contributed by atoms with Gasteiger partial charge in [-0.15, -0.1) is 0 Å². The van der Waals surface area contributed by atoms with Gasteiger partial charge in [-0.05, 0) is 49.6 Å². The van der Waals surface area contributed by atoms with Crippen LogP contribution in [-0.4, -0.2) is 12.5 Å². The van der Waals surface area contributed by atoms with Gasteiger partial charge in [0.05, 0.1) is 19.1 Å². The van der Waals surface area contributed by atoms with E-state index in [0.717, 1.165) is 22.4 Å². The molecule has 0 aliphatic carbocycles. The fraction of sp³-hybridized carbons (Fsp3) is 0.316. The predicted octanol–water partition coefficient (Wildman–Crippen LogP) is 3.81. The molecule has 0 saturated heterocycles. The van der Waals surface area contributed by atoms with E-state index in [2.05, 4.69) is 5.32 Å². The molecule has 116 valence electrons. The largest absolute Gasteiger partial charge is 0.494 e. The van der Waals surface area contributed by atoms with E-state index in [-0.39, 0.29) is 11.9 Å². The smallest absolute Gasteiger partial charge is 0.224 e. The molecule has 0 radical (unpaired) electrons. The Bertz CT molecular complexity index is 620. The molecule has 0 aromatic heterocycles. The van der Waals surface area contributed by atoms with Crippen molar-refractivity contribution in [1.29, 1.82) is 0 Å². The van der Waals surface area contributed by atoms with Gasteiger partial charge in [0.2, 0.25) is 5.91 Å². The Morgan fingerprint density at radius 1 is 1.14 bits per heavy atom. The molecule has 0 unspecified atom stereocenters. The number of carbonyl (C=O) groups is 1. The van der Waals surface area contributed by atoms with Gasteiger partial charge in [0, 0.05) is 0 Å². The summed E-state index contributed by atoms with van der Waals surface area (Å²) in [6.45, 7) is 6.63. The van der Waals surface area contributed by atoms with Crippen LogP contribution in [0.25, 0.3) is 0 Å². The van der Waals surface area contributed by atoms with Crippen molar-refractivity contribution in [3.8, 4) is 5.75 Å². The molecular formula is C19H23NO2. The number of benzene rings is 2. The van der Waals surface area contributed by atoms with Crippen molar-refractivity contribution in [2.45, 2.75) is 33.2 Å². The van der Waals surface area contributed by atoms with Gasteiger partial charge < -0.3 is 10.1 Å². The van der Waals surface area contributed by atoms with E-state index in [1.165, 1.54) is 0 Å². The van der Waals surface area contributed by atoms with Crippen LogP contribution in [0.5, 0.6) is 5.75 Å². The molecule has 2 aromatic carbocycles. The number of nitrogens with one attached hydrogen (secondary N) is 1. The topological polar surface area (TPSA) is 38.3 Å². The normalized spacial score (nSPS) is 11.8. The lowest BCUT2D eigenvalue weighted by Gasteiger charge is -2.15. The van der Waals surface area contributed by atoms with E-state index in [0.29, 0.717) is 13.0 Å². The molecule has 1 N–H and O–H groups in total. The van der Waals surface area contributed by atoms with Crippen LogP contribution in [0.2, 0.25) is 0 Å². The molecule has 0 spiro atoms. The third-order valence-corrected chi connectivity index (χ3v) is 3.68. The van der Waals surface area contributed by atoms with Gasteiger partial charge in [0.1, 0.15) is 5.75 Å². The molecule has 0 bridgehead atoms. The quantitative estimate of drug-likeness (QED) is 0.880. The Labute approximate surface area is 132 Å². The Morgan fingerprint density at radius 3 is 2.45 bits per heavy atom. The van der Waals surface area contributed by atoms with Crippen LogP contribution < -0.4 is 10.1 Å². The van der Waals surface area contributed by atoms with E-state index in [1.807, 2.05) is 69.3 Å². The first-order valence-corrected chi connectivity index (χ1v) is 7.66. The lowest BCUT2D eigenvalue weighted by Crippen LogP contribution is -2.28. The molecule has 0 aliphatic rings. The fourth-order valence-electron chi connectivity index (χ4n) is 2.38. The zero-order valence-electron chi connectivity index (χ0n) is 13.4. The third kappa shape index (κ3) is 4.35. The number of ether oxygens (including phenoxy) is 1. The van der Waals surface area contributed by atoms with Gasteiger partial charge in [0.15, 0.2) is 0 Å². The lowest BCUT2D eigenvalue weighted by atomic mass is 10.0. The number of hydrogen-bond donors (Lipinski definition) is 1. The van der Waals surface area contributed by atoms with Crippen molar-refractivity contribution in [3.05, 3.63) is 65.2 Å². The summed E-state index contributed by atoms with van der Waals surface area (Å²) < 4.78 is 5.43. The van der Waals surface area contributed by atoms with Crippen LogP contribution in [0.15, 0.2) is 48.5 Å². The van der Waals surface area contributed by atoms with Crippen molar-refractivity contribution in [1.82, 2.24) is 5.32 Å². The Balaban J connectivity index is 1.94. The minimum Gasteiger partial charge on any atom is -0.494 e. The minimum absolute atomic E-state index is 0.0211. The number of amides is 1. The number of aryl methyl sites for hydroxylation is 1. The van der Waals surface area contributed by atoms with Crippen molar-refractivity contribution < 1.29 is 9.53 Å². The number of rotatable bonds is 6. The summed E-state index contributed by atoms with van der Waals surface area (Å²) in [4.78, 5) is 12.2. The Kier molecular flexibility index (Phi) is 5.59. The summed E-state index contributed by atoms with van der Waals surface area (Å²) in [5, 5.41) is 3.04. The van der Waals surface area contributed by atoms with Crippen LogP contribution >= 0.6 is 0 Å². The maximum absolute atomic E-state index is 12.2. The van der Waals surface area contributed by atoms with Crippen molar-refractivity contribution in [2.75, 3.05) is 6.61 Å². The summed E-state index contributed by atoms with van der Waals surface area (Å²) in [5.74, 6) is 0.889. The molecule has 0 heterocycles. The summed E-state index contributed by atoms with van der Waals surface area (Å²) in [5.41, 5.74) is 3.28. The average molecular weight is 297 g/mol. The first-order chi connectivity index (χ1) is 10.6. The Hall–Kier alpha value is -2.29. The molecule has 0 saturated carbocycles. The van der Waals surface area contributed by atoms with Crippen molar-refractivity contribution in [2.24, 2.45) is 0 Å². The van der Waals surface area contributed by atoms with E-state index in [4.69, 9.17) is 4.74 Å². The van der Waals surface area contributed by atoms with Gasteiger partial charge in [-0.2, -0.15) is 0 Å². The van der Waals surface area contributed by atoms with Crippen molar-refractivity contribution >= 4 is 5.91 Å². The molecule has 1 amide bonds. The molecular weight excluding hydrogens is 274 g/mol. The zero-order chi connectivity index (χ0) is 15.9. The van der Waals surface area contributed by atoms with Crippen LogP contribution in [0.1, 0.15) is 36.6 Å². The van der Waals surface area contributed by atoms with Crippen molar-refractivity contribution in [3.63, 3.8) is 0 Å². The van der Waals surface area contributed by atoms with Gasteiger partial charge in [-0.1, -0.05) is 36.4 Å². The zero-order valence-corrected chi connectivity index (χ0v) is 13.4. The number of hydrogen-bond acceptors (Lipinski definition) is 2. The number of carbonyl (C=O) groups excluding carboxylic acids is 1. The van der Waals surface area contributed by atoms with E-state index in [9.17, 15) is 4.79 Å². The highest BCUT2D eigenvalue weighted by Gasteiger charge is 2.11. The van der Waals surface area contributed by atoms with Gasteiger partial charge >= 0.3 is 0 Å². The molecule has 2 aromatic rings. The highest BCUT2D eigenvalue weighted by Crippen LogP contribution is 2.18. The summed E-state index contributed by atoms with van der Waals surface area (Å²) >= 11 is 0. The van der Waals surface area contributed by atoms with Crippen LogP contribution in [0.4, 0.5) is 0 Å². The summed E-state index contributed by atoms with van der Waals surface area (Å²) in [6, 6.07) is 15.8. The van der Waals surface area contributed by atoms with E-state index >= 15 is 0 Å². The first kappa shape index (κ1) is 16.1. The summed E-state index contributed by atoms with van der Waals surface area (Å²) in [7, 11) is 0. The second-order valence-corrected chi connectivity index (χ2v) is 5.39. The molecule has 3 nitrogen and oxygen atoms in total. The first-order valence-electron chi connectivity index (χ1n) is 7.66. The molecule has 2 rings (SSSR count). The highest BCUT2D eigenvalue weighted by molar-refractivity contribution is 5.79. The summed E-state index contributed by atoms with van der Waals surface area (Å²) in [6.07, 6.45) is 0.411. The highest BCUT2D eigenvalue weighted by atomic mass is 16.5. The van der Waals surface area contributed by atoms with E-state index in [1.54, 1.807) is 0 Å². The van der Waals surface area contributed by atoms with Crippen LogP contribution in [-0.2, 0) is 11.2 Å².